The Balaban J connectivity index is 1.66. The molecule has 35 heavy (non-hydrogen) atoms. The molecular formula is C22H23F3N6O3S. The molecule has 0 radical (unpaired) electrons. The van der Waals surface area contributed by atoms with Crippen molar-refractivity contribution in [3.8, 4) is 6.01 Å². The molecular weight excluding hydrogens is 485 g/mol. The van der Waals surface area contributed by atoms with E-state index in [-0.39, 0.29) is 36.4 Å². The number of nitrogens with zero attached hydrogens (tertiary/aromatic N) is 4. The van der Waals surface area contributed by atoms with Gasteiger partial charge < -0.3 is 15.4 Å². The number of pyridine rings is 1. The van der Waals surface area contributed by atoms with Crippen LogP contribution in [0.1, 0.15) is 36.2 Å². The van der Waals surface area contributed by atoms with Crippen LogP contribution in [0.4, 0.5) is 30.5 Å². The third kappa shape index (κ3) is 4.28. The van der Waals surface area contributed by atoms with Gasteiger partial charge in [0.2, 0.25) is 10.0 Å². The van der Waals surface area contributed by atoms with Gasteiger partial charge in [-0.15, -0.1) is 0 Å². The molecule has 3 aromatic rings. The molecule has 13 heteroatoms. The van der Waals surface area contributed by atoms with Crippen molar-refractivity contribution in [3.63, 3.8) is 0 Å². The molecule has 2 aliphatic heterocycles. The van der Waals surface area contributed by atoms with Gasteiger partial charge in [-0.2, -0.15) is 23.1 Å². The average Bonchev–Trinajstić information content (AvgIpc) is 3.14. The van der Waals surface area contributed by atoms with E-state index in [0.29, 0.717) is 40.9 Å². The monoisotopic (exact) mass is 508 g/mol. The van der Waals surface area contributed by atoms with E-state index in [1.165, 1.54) is 10.4 Å². The third-order valence-electron chi connectivity index (χ3n) is 6.04. The zero-order valence-electron chi connectivity index (χ0n) is 19.0. The van der Waals surface area contributed by atoms with Crippen LogP contribution in [0.5, 0.6) is 6.01 Å². The molecule has 4 heterocycles. The van der Waals surface area contributed by atoms with Gasteiger partial charge in [-0.25, -0.2) is 13.4 Å². The van der Waals surface area contributed by atoms with E-state index in [1.807, 2.05) is 0 Å². The zero-order valence-corrected chi connectivity index (χ0v) is 19.8. The van der Waals surface area contributed by atoms with Crippen LogP contribution in [0.15, 0.2) is 24.3 Å². The predicted octanol–water partition coefficient (Wildman–Crippen LogP) is 3.87. The SMILES string of the molecule is Cc1nc(N2CCCS2(=O)=O)cc2c3nc(nc12)OCCNc1c(cccc1C(F)(F)F)[C@@H](C)N3. The number of ether oxygens (including phenoxy) is 1. The van der Waals surface area contributed by atoms with Crippen molar-refractivity contribution < 1.29 is 26.3 Å². The molecule has 2 aliphatic rings. The largest absolute Gasteiger partial charge is 0.462 e. The molecule has 2 bridgehead atoms. The second kappa shape index (κ2) is 8.40. The molecule has 2 aromatic heterocycles. The zero-order chi connectivity index (χ0) is 25.0. The topological polar surface area (TPSA) is 109 Å². The first-order valence-corrected chi connectivity index (χ1v) is 12.7. The fourth-order valence-electron chi connectivity index (χ4n) is 4.41. The van der Waals surface area contributed by atoms with E-state index < -0.39 is 27.8 Å². The first-order chi connectivity index (χ1) is 16.5. The van der Waals surface area contributed by atoms with Crippen LogP contribution in [-0.4, -0.2) is 48.8 Å². The van der Waals surface area contributed by atoms with Crippen molar-refractivity contribution in [2.24, 2.45) is 0 Å². The summed E-state index contributed by atoms with van der Waals surface area (Å²) in [6.45, 7) is 3.89. The highest BCUT2D eigenvalue weighted by atomic mass is 32.2. The molecule has 0 saturated carbocycles. The lowest BCUT2D eigenvalue weighted by atomic mass is 10.0. The van der Waals surface area contributed by atoms with Gasteiger partial charge in [0.25, 0.3) is 0 Å². The van der Waals surface area contributed by atoms with Crippen molar-refractivity contribution in [2.75, 3.05) is 40.4 Å². The third-order valence-corrected chi connectivity index (χ3v) is 7.88. The first-order valence-electron chi connectivity index (χ1n) is 11.1. The smallest absolute Gasteiger partial charge is 0.418 e. The van der Waals surface area contributed by atoms with E-state index in [2.05, 4.69) is 25.6 Å². The van der Waals surface area contributed by atoms with Gasteiger partial charge in [0.05, 0.1) is 28.7 Å². The van der Waals surface area contributed by atoms with Gasteiger partial charge in [0.15, 0.2) is 0 Å². The van der Waals surface area contributed by atoms with Gasteiger partial charge in [-0.1, -0.05) is 12.1 Å². The lowest BCUT2D eigenvalue weighted by Gasteiger charge is -2.23. The number of sulfonamides is 1. The molecule has 0 spiro atoms. The summed E-state index contributed by atoms with van der Waals surface area (Å²) in [6, 6.07) is 5.07. The molecule has 1 aromatic carbocycles. The number of fused-ring (bicyclic) bond motifs is 5. The number of hydrogen-bond acceptors (Lipinski definition) is 8. The minimum absolute atomic E-state index is 0.0293. The van der Waals surface area contributed by atoms with Crippen LogP contribution >= 0.6 is 0 Å². The van der Waals surface area contributed by atoms with Crippen LogP contribution in [-0.2, 0) is 16.2 Å². The number of nitrogens with one attached hydrogen (secondary N) is 2. The number of aromatic nitrogens is 3. The summed E-state index contributed by atoms with van der Waals surface area (Å²) >= 11 is 0. The Morgan fingerprint density at radius 3 is 2.71 bits per heavy atom. The average molecular weight is 509 g/mol. The Labute approximate surface area is 199 Å². The number of benzene rings is 1. The minimum Gasteiger partial charge on any atom is -0.462 e. The molecule has 1 atom stereocenters. The van der Waals surface area contributed by atoms with E-state index >= 15 is 0 Å². The van der Waals surface area contributed by atoms with Crippen LogP contribution in [0, 0.1) is 6.92 Å². The normalized spacial score (nSPS) is 19.8. The highest BCUT2D eigenvalue weighted by Gasteiger charge is 2.35. The second-order valence-corrected chi connectivity index (χ2v) is 10.5. The fraction of sp³-hybridized carbons (Fsp3) is 0.409. The van der Waals surface area contributed by atoms with Crippen LogP contribution in [0.25, 0.3) is 10.9 Å². The summed E-state index contributed by atoms with van der Waals surface area (Å²) in [7, 11) is -3.47. The number of alkyl halides is 3. The number of rotatable bonds is 1. The van der Waals surface area contributed by atoms with Gasteiger partial charge >= 0.3 is 12.2 Å². The highest BCUT2D eigenvalue weighted by Crippen LogP contribution is 2.40. The van der Waals surface area contributed by atoms with E-state index in [1.54, 1.807) is 26.0 Å². The Kier molecular flexibility index (Phi) is 5.61. The first kappa shape index (κ1) is 23.4. The van der Waals surface area contributed by atoms with Crippen molar-refractivity contribution in [3.05, 3.63) is 41.1 Å². The molecule has 1 saturated heterocycles. The molecule has 0 aliphatic carbocycles. The lowest BCUT2D eigenvalue weighted by molar-refractivity contribution is -0.137. The fourth-order valence-corrected chi connectivity index (χ4v) is 5.91. The second-order valence-electron chi connectivity index (χ2n) is 8.47. The van der Waals surface area contributed by atoms with E-state index in [0.717, 1.165) is 6.07 Å². The van der Waals surface area contributed by atoms with Gasteiger partial charge in [-0.05, 0) is 38.0 Å². The summed E-state index contributed by atoms with van der Waals surface area (Å²) in [4.78, 5) is 13.4. The van der Waals surface area contributed by atoms with Crippen LogP contribution in [0.2, 0.25) is 0 Å². The molecule has 0 unspecified atom stereocenters. The van der Waals surface area contributed by atoms with E-state index in [4.69, 9.17) is 4.74 Å². The van der Waals surface area contributed by atoms with Crippen molar-refractivity contribution >= 4 is 38.2 Å². The summed E-state index contributed by atoms with van der Waals surface area (Å²) in [5.74, 6) is 0.611. The van der Waals surface area contributed by atoms with Crippen LogP contribution in [0.3, 0.4) is 0 Å². The summed E-state index contributed by atoms with van der Waals surface area (Å²) < 4.78 is 73.0. The van der Waals surface area contributed by atoms with Crippen molar-refractivity contribution in [1.82, 2.24) is 15.0 Å². The number of anilines is 3. The minimum atomic E-state index is -4.54. The van der Waals surface area contributed by atoms with Gasteiger partial charge in [0.1, 0.15) is 23.8 Å². The van der Waals surface area contributed by atoms with Gasteiger partial charge in [0, 0.05) is 18.5 Å². The Bertz CT molecular complexity index is 1410. The molecule has 1 fully saturated rings. The number of para-hydroxylation sites is 1. The molecule has 5 rings (SSSR count). The maximum atomic E-state index is 13.7. The lowest BCUT2D eigenvalue weighted by Crippen LogP contribution is -2.26. The quantitative estimate of drug-likeness (QED) is 0.510. The Morgan fingerprint density at radius 2 is 2.00 bits per heavy atom. The maximum absolute atomic E-state index is 13.7. The molecule has 0 amide bonds. The molecule has 2 N–H and O–H groups in total. The Morgan fingerprint density at radius 1 is 1.20 bits per heavy atom. The van der Waals surface area contributed by atoms with Gasteiger partial charge in [-0.3, -0.25) is 4.31 Å². The number of aryl methyl sites for hydroxylation is 1. The summed E-state index contributed by atoms with van der Waals surface area (Å²) in [5.41, 5.74) is 0.546. The Hall–Kier alpha value is -3.35. The predicted molar refractivity (Wildman–Crippen MR) is 125 cm³/mol. The van der Waals surface area contributed by atoms with E-state index in [9.17, 15) is 21.6 Å². The molecule has 186 valence electrons. The van der Waals surface area contributed by atoms with Crippen molar-refractivity contribution in [1.29, 1.82) is 0 Å². The van der Waals surface area contributed by atoms with Crippen LogP contribution < -0.4 is 19.7 Å². The number of hydrogen-bond donors (Lipinski definition) is 2. The summed E-state index contributed by atoms with van der Waals surface area (Å²) in [6.07, 6.45) is -4.04. The summed E-state index contributed by atoms with van der Waals surface area (Å²) in [5, 5.41) is 6.54. The number of halogens is 3. The highest BCUT2D eigenvalue weighted by molar-refractivity contribution is 7.93. The standard InChI is InChI=1S/C22H23F3N6O3S/c1-12-14-5-3-6-16(22(23,24)25)19(14)26-7-9-34-21-29-18-13(2)27-17(11-15(18)20(28-12)30-21)31-8-4-10-35(31,32)33/h3,5-6,11-12,26H,4,7-10H2,1-2H3,(H,28,29,30)/t12-/m1/s1. The van der Waals surface area contributed by atoms with Crippen molar-refractivity contribution in [2.45, 2.75) is 32.5 Å². The molecule has 9 nitrogen and oxygen atoms in total. The maximum Gasteiger partial charge on any atom is 0.418 e.